The van der Waals surface area contributed by atoms with Crippen molar-refractivity contribution in [2.75, 3.05) is 7.05 Å². The molecule has 0 spiro atoms. The van der Waals surface area contributed by atoms with Crippen molar-refractivity contribution in [3.63, 3.8) is 0 Å². The van der Waals surface area contributed by atoms with Crippen molar-refractivity contribution in [3.05, 3.63) is 90.5 Å². The molecule has 33 heavy (non-hydrogen) atoms. The largest absolute Gasteiger partial charge is 0.352 e. The standard InChI is InChI=1S/C27H22FN5/c1-16(2)10-18(13-29-3)17-8-9-24-21(11-17)27(33-32-24)25-12-20-22(14-30-15-26(20)31-25)19-6-4-5-7-23(19)28/h4-15,31H,1H2,2-3H3,(H,32,33)/b18-10+,29-13?. The summed E-state index contributed by atoms with van der Waals surface area (Å²) in [5.41, 5.74) is 7.54. The van der Waals surface area contributed by atoms with Gasteiger partial charge in [0.05, 0.1) is 22.9 Å². The highest BCUT2D eigenvalue weighted by Gasteiger charge is 2.16. The fourth-order valence-electron chi connectivity index (χ4n) is 4.07. The molecule has 0 atom stereocenters. The van der Waals surface area contributed by atoms with Gasteiger partial charge >= 0.3 is 0 Å². The summed E-state index contributed by atoms with van der Waals surface area (Å²) >= 11 is 0. The fraction of sp³-hybridized carbons (Fsp3) is 0.0741. The van der Waals surface area contributed by atoms with Gasteiger partial charge < -0.3 is 4.98 Å². The summed E-state index contributed by atoms with van der Waals surface area (Å²) in [6.07, 6.45) is 7.26. The van der Waals surface area contributed by atoms with Crippen LogP contribution in [0.4, 0.5) is 4.39 Å². The van der Waals surface area contributed by atoms with Crippen molar-refractivity contribution in [1.82, 2.24) is 20.2 Å². The number of allylic oxidation sites excluding steroid dienone is 3. The molecule has 0 aliphatic carbocycles. The average molecular weight is 436 g/mol. The van der Waals surface area contributed by atoms with Crippen LogP contribution in [0.5, 0.6) is 0 Å². The summed E-state index contributed by atoms with van der Waals surface area (Å²) in [7, 11) is 1.75. The molecule has 5 rings (SSSR count). The number of aromatic nitrogens is 4. The zero-order valence-corrected chi connectivity index (χ0v) is 18.4. The third-order valence-corrected chi connectivity index (χ3v) is 5.53. The van der Waals surface area contributed by atoms with Crippen LogP contribution in [-0.2, 0) is 0 Å². The molecule has 2 N–H and O–H groups in total. The summed E-state index contributed by atoms with van der Waals surface area (Å²) < 4.78 is 14.5. The van der Waals surface area contributed by atoms with Crippen LogP contribution >= 0.6 is 0 Å². The van der Waals surface area contributed by atoms with Gasteiger partial charge in [0.25, 0.3) is 0 Å². The van der Waals surface area contributed by atoms with E-state index < -0.39 is 0 Å². The van der Waals surface area contributed by atoms with Crippen LogP contribution in [0.25, 0.3) is 49.9 Å². The normalized spacial score (nSPS) is 12.3. The van der Waals surface area contributed by atoms with Gasteiger partial charge in [0, 0.05) is 41.4 Å². The van der Waals surface area contributed by atoms with E-state index in [1.165, 1.54) is 6.07 Å². The minimum absolute atomic E-state index is 0.279. The molecule has 2 aromatic carbocycles. The quantitative estimate of drug-likeness (QED) is 0.242. The Bertz CT molecular complexity index is 1570. The number of fused-ring (bicyclic) bond motifs is 2. The molecule has 0 unspecified atom stereocenters. The molecule has 5 aromatic rings. The minimum Gasteiger partial charge on any atom is -0.352 e. The number of halogens is 1. The van der Waals surface area contributed by atoms with Crippen molar-refractivity contribution in [3.8, 4) is 22.5 Å². The molecule has 3 heterocycles. The topological polar surface area (TPSA) is 69.7 Å². The summed E-state index contributed by atoms with van der Waals surface area (Å²) in [4.78, 5) is 11.9. The SMILES string of the molecule is C=C(C)/C=C(\C=NC)c1ccc2[nH]nc(-c3cc4c(-c5ccccc5F)cncc4[nH]3)c2c1. The van der Waals surface area contributed by atoms with E-state index in [0.29, 0.717) is 5.56 Å². The van der Waals surface area contributed by atoms with E-state index in [2.05, 4.69) is 37.8 Å². The van der Waals surface area contributed by atoms with Crippen molar-refractivity contribution in [1.29, 1.82) is 0 Å². The van der Waals surface area contributed by atoms with Crippen LogP contribution in [0.2, 0.25) is 0 Å². The van der Waals surface area contributed by atoms with Gasteiger partial charge in [-0.2, -0.15) is 5.10 Å². The number of H-pyrrole nitrogens is 2. The van der Waals surface area contributed by atoms with E-state index in [9.17, 15) is 4.39 Å². The predicted molar refractivity (Wildman–Crippen MR) is 134 cm³/mol. The van der Waals surface area contributed by atoms with Crippen LogP contribution in [0.3, 0.4) is 0 Å². The number of pyridine rings is 1. The maximum atomic E-state index is 14.5. The van der Waals surface area contributed by atoms with Gasteiger partial charge in [0.15, 0.2) is 0 Å². The van der Waals surface area contributed by atoms with Crippen molar-refractivity contribution >= 4 is 33.6 Å². The van der Waals surface area contributed by atoms with E-state index in [4.69, 9.17) is 0 Å². The Kier molecular flexibility index (Phi) is 5.18. The van der Waals surface area contributed by atoms with Gasteiger partial charge in [-0.05, 0) is 42.3 Å². The van der Waals surface area contributed by atoms with E-state index in [1.807, 2.05) is 43.5 Å². The second-order valence-corrected chi connectivity index (χ2v) is 7.98. The van der Waals surface area contributed by atoms with Crippen LogP contribution in [0.1, 0.15) is 12.5 Å². The molecule has 0 saturated carbocycles. The number of rotatable bonds is 5. The zero-order valence-electron chi connectivity index (χ0n) is 18.4. The van der Waals surface area contributed by atoms with Crippen molar-refractivity contribution in [2.24, 2.45) is 4.99 Å². The van der Waals surface area contributed by atoms with Crippen LogP contribution in [0.15, 0.2) is 84.1 Å². The Labute approximate surface area is 190 Å². The maximum absolute atomic E-state index is 14.5. The van der Waals surface area contributed by atoms with Crippen LogP contribution in [-0.4, -0.2) is 33.4 Å². The number of nitrogens with one attached hydrogen (secondary N) is 2. The minimum atomic E-state index is -0.279. The zero-order chi connectivity index (χ0) is 22.9. The Morgan fingerprint density at radius 1 is 1.03 bits per heavy atom. The lowest BCUT2D eigenvalue weighted by molar-refractivity contribution is 0.631. The number of nitrogens with zero attached hydrogens (tertiary/aromatic N) is 3. The molecule has 162 valence electrons. The van der Waals surface area contributed by atoms with E-state index >= 15 is 0 Å². The third-order valence-electron chi connectivity index (χ3n) is 5.53. The molecule has 0 aliphatic heterocycles. The van der Waals surface area contributed by atoms with E-state index in [-0.39, 0.29) is 5.82 Å². The van der Waals surface area contributed by atoms with Crippen molar-refractivity contribution < 1.29 is 4.39 Å². The summed E-state index contributed by atoms with van der Waals surface area (Å²) in [5, 5.41) is 9.53. The number of hydrogen-bond donors (Lipinski definition) is 2. The molecule has 0 radical (unpaired) electrons. The first-order chi connectivity index (χ1) is 16.0. The lowest BCUT2D eigenvalue weighted by atomic mass is 10.0. The molecule has 3 aromatic heterocycles. The first-order valence-corrected chi connectivity index (χ1v) is 10.5. The Morgan fingerprint density at radius 3 is 2.67 bits per heavy atom. The Hall–Kier alpha value is -4.32. The second kappa shape index (κ2) is 8.31. The first-order valence-electron chi connectivity index (χ1n) is 10.5. The molecule has 0 aliphatic rings. The highest BCUT2D eigenvalue weighted by atomic mass is 19.1. The van der Waals surface area contributed by atoms with Gasteiger partial charge in [-0.3, -0.25) is 15.1 Å². The van der Waals surface area contributed by atoms with Gasteiger partial charge in [0.2, 0.25) is 0 Å². The summed E-state index contributed by atoms with van der Waals surface area (Å²) in [5.74, 6) is -0.279. The molecular formula is C27H22FN5. The van der Waals surface area contributed by atoms with Crippen LogP contribution in [0, 0.1) is 5.82 Å². The lowest BCUT2D eigenvalue weighted by Gasteiger charge is -2.04. The number of benzene rings is 2. The average Bonchev–Trinajstić information content (AvgIpc) is 3.42. The van der Waals surface area contributed by atoms with Crippen LogP contribution < -0.4 is 0 Å². The van der Waals surface area contributed by atoms with Gasteiger partial charge in [-0.25, -0.2) is 4.39 Å². The van der Waals surface area contributed by atoms with Gasteiger partial charge in [-0.1, -0.05) is 42.5 Å². The maximum Gasteiger partial charge on any atom is 0.131 e. The summed E-state index contributed by atoms with van der Waals surface area (Å²) in [6.45, 7) is 5.94. The third kappa shape index (κ3) is 3.76. The summed E-state index contributed by atoms with van der Waals surface area (Å²) in [6, 6.07) is 14.9. The molecular weight excluding hydrogens is 413 g/mol. The highest BCUT2D eigenvalue weighted by Crippen LogP contribution is 2.35. The molecule has 6 heteroatoms. The fourth-order valence-corrected chi connectivity index (χ4v) is 4.07. The first kappa shape index (κ1) is 20.6. The molecule has 0 fully saturated rings. The number of hydrogen-bond acceptors (Lipinski definition) is 3. The number of aliphatic imine (C=N–C) groups is 1. The predicted octanol–water partition coefficient (Wildman–Crippen LogP) is 6.57. The molecule has 5 nitrogen and oxygen atoms in total. The molecule has 0 amide bonds. The second-order valence-electron chi connectivity index (χ2n) is 7.98. The lowest BCUT2D eigenvalue weighted by Crippen LogP contribution is -1.88. The van der Waals surface area contributed by atoms with Crippen molar-refractivity contribution in [2.45, 2.75) is 6.92 Å². The Balaban J connectivity index is 1.67. The van der Waals surface area contributed by atoms with Gasteiger partial charge in [0.1, 0.15) is 11.5 Å². The smallest absolute Gasteiger partial charge is 0.131 e. The van der Waals surface area contributed by atoms with Gasteiger partial charge in [-0.15, -0.1) is 0 Å². The monoisotopic (exact) mass is 435 g/mol. The van der Waals surface area contributed by atoms with E-state index in [1.54, 1.807) is 31.6 Å². The molecule has 0 saturated heterocycles. The Morgan fingerprint density at radius 2 is 1.88 bits per heavy atom. The number of aromatic amines is 2. The van der Waals surface area contributed by atoms with E-state index in [0.717, 1.165) is 55.5 Å². The molecule has 0 bridgehead atoms. The highest BCUT2D eigenvalue weighted by molar-refractivity contribution is 6.12.